The molecule has 1 aromatic carbocycles. The fourth-order valence-electron chi connectivity index (χ4n) is 3.52. The summed E-state index contributed by atoms with van der Waals surface area (Å²) in [5.74, 6) is 0.845. The van der Waals surface area contributed by atoms with Crippen LogP contribution in [0.1, 0.15) is 43.7 Å². The van der Waals surface area contributed by atoms with Gasteiger partial charge in [-0.2, -0.15) is 8.78 Å². The average molecular weight is 518 g/mol. The zero-order valence-electron chi connectivity index (χ0n) is 16.6. The maximum atomic E-state index is 13.0. The monoisotopic (exact) mass is 518 g/mol. The molecule has 0 radical (unpaired) electrons. The Morgan fingerprint density at radius 1 is 1.17 bits per heavy atom. The highest BCUT2D eigenvalue weighted by Gasteiger charge is 2.23. The number of halogens is 3. The minimum Gasteiger partial charge on any atom is -0.357 e. The lowest BCUT2D eigenvalue weighted by Crippen LogP contribution is -2.42. The third kappa shape index (κ3) is 6.63. The number of nitrogens with one attached hydrogen (secondary N) is 2. The number of imidazole rings is 1. The van der Waals surface area contributed by atoms with E-state index in [2.05, 4.69) is 49.8 Å². The van der Waals surface area contributed by atoms with Crippen LogP contribution in [0.15, 0.2) is 47.7 Å². The van der Waals surface area contributed by atoms with Gasteiger partial charge >= 0.3 is 6.55 Å². The van der Waals surface area contributed by atoms with Crippen molar-refractivity contribution in [1.29, 1.82) is 0 Å². The minimum absolute atomic E-state index is 0. The Bertz CT molecular complexity index is 746. The van der Waals surface area contributed by atoms with Crippen molar-refractivity contribution in [3.05, 3.63) is 54.1 Å². The molecule has 3 rings (SSSR count). The molecule has 2 N–H and O–H groups in total. The van der Waals surface area contributed by atoms with Gasteiger partial charge in [0.2, 0.25) is 0 Å². The van der Waals surface area contributed by atoms with E-state index in [0.29, 0.717) is 19.0 Å². The Hall–Kier alpha value is -1.75. The van der Waals surface area contributed by atoms with Crippen LogP contribution >= 0.6 is 24.0 Å². The Morgan fingerprint density at radius 3 is 2.55 bits per heavy atom. The van der Waals surface area contributed by atoms with E-state index in [-0.39, 0.29) is 42.4 Å². The van der Waals surface area contributed by atoms with Gasteiger partial charge in [-0.15, -0.1) is 24.0 Å². The van der Waals surface area contributed by atoms with Crippen molar-refractivity contribution in [3.8, 4) is 0 Å². The molecule has 1 saturated heterocycles. The summed E-state index contributed by atoms with van der Waals surface area (Å²) in [6, 6.07) is 10.7. The van der Waals surface area contributed by atoms with E-state index < -0.39 is 6.55 Å². The van der Waals surface area contributed by atoms with Crippen LogP contribution in [0.25, 0.3) is 0 Å². The summed E-state index contributed by atoms with van der Waals surface area (Å²) in [5, 5.41) is 6.57. The summed E-state index contributed by atoms with van der Waals surface area (Å²) in [6.45, 7) is 3.01. The Labute approximate surface area is 187 Å². The molecule has 1 unspecified atom stereocenters. The normalized spacial score (nSPS) is 15.9. The predicted octanol–water partition coefficient (Wildman–Crippen LogP) is 3.79. The van der Waals surface area contributed by atoms with Crippen molar-refractivity contribution in [2.75, 3.05) is 26.2 Å². The predicted molar refractivity (Wildman–Crippen MR) is 122 cm³/mol. The number of rotatable bonds is 8. The van der Waals surface area contributed by atoms with Gasteiger partial charge in [0.05, 0.1) is 6.04 Å². The molecular formula is C20H29F2IN6. The smallest absolute Gasteiger partial charge is 0.319 e. The Balaban J connectivity index is 0.00000300. The first kappa shape index (κ1) is 23.5. The second kappa shape index (κ2) is 12.1. The number of aliphatic imine (C=N–C) groups is 1. The number of guanidine groups is 1. The van der Waals surface area contributed by atoms with Gasteiger partial charge in [0.15, 0.2) is 5.96 Å². The molecule has 0 aliphatic carbocycles. The average Bonchev–Trinajstić information content (AvgIpc) is 3.39. The zero-order chi connectivity index (χ0) is 19.8. The molecule has 0 saturated carbocycles. The fourth-order valence-corrected chi connectivity index (χ4v) is 3.52. The molecule has 0 spiro atoms. The third-order valence-corrected chi connectivity index (χ3v) is 4.91. The highest BCUT2D eigenvalue weighted by atomic mass is 127. The van der Waals surface area contributed by atoms with Crippen molar-refractivity contribution in [2.45, 2.75) is 38.9 Å². The highest BCUT2D eigenvalue weighted by molar-refractivity contribution is 14.0. The lowest BCUT2D eigenvalue weighted by Gasteiger charge is -2.29. The van der Waals surface area contributed by atoms with E-state index in [4.69, 9.17) is 0 Å². The van der Waals surface area contributed by atoms with Gasteiger partial charge in [-0.05, 0) is 38.4 Å². The molecule has 1 atom stereocenters. The molecular weight excluding hydrogens is 489 g/mol. The molecule has 1 aliphatic rings. The van der Waals surface area contributed by atoms with E-state index in [9.17, 15) is 8.78 Å². The van der Waals surface area contributed by atoms with E-state index in [1.807, 2.05) is 13.0 Å². The van der Waals surface area contributed by atoms with Crippen LogP contribution in [0.2, 0.25) is 0 Å². The Morgan fingerprint density at radius 2 is 1.90 bits per heavy atom. The molecule has 29 heavy (non-hydrogen) atoms. The van der Waals surface area contributed by atoms with Gasteiger partial charge in [0.25, 0.3) is 0 Å². The van der Waals surface area contributed by atoms with Crippen LogP contribution in [0, 0.1) is 0 Å². The van der Waals surface area contributed by atoms with Crippen LogP contribution < -0.4 is 10.6 Å². The largest absolute Gasteiger partial charge is 0.357 e. The number of alkyl halides is 2. The van der Waals surface area contributed by atoms with Gasteiger partial charge in [-0.3, -0.25) is 9.47 Å². The quantitative estimate of drug-likeness (QED) is 0.317. The van der Waals surface area contributed by atoms with Crippen molar-refractivity contribution in [3.63, 3.8) is 0 Å². The SMILES string of the molecule is CCNC(=NCc1nccn1C(F)F)NCC(c1ccccc1)N1CCCC1.I. The number of hydrogen-bond donors (Lipinski definition) is 2. The lowest BCUT2D eigenvalue weighted by molar-refractivity contribution is 0.0671. The molecule has 9 heteroatoms. The topological polar surface area (TPSA) is 57.5 Å². The van der Waals surface area contributed by atoms with Crippen molar-refractivity contribution in [1.82, 2.24) is 25.1 Å². The van der Waals surface area contributed by atoms with E-state index >= 15 is 0 Å². The van der Waals surface area contributed by atoms with Gasteiger partial charge < -0.3 is 10.6 Å². The first-order chi connectivity index (χ1) is 13.7. The molecule has 1 aliphatic heterocycles. The maximum absolute atomic E-state index is 13.0. The van der Waals surface area contributed by atoms with Crippen LogP contribution in [-0.2, 0) is 6.54 Å². The van der Waals surface area contributed by atoms with Crippen LogP contribution in [0.3, 0.4) is 0 Å². The highest BCUT2D eigenvalue weighted by Crippen LogP contribution is 2.24. The molecule has 1 aromatic heterocycles. The maximum Gasteiger partial charge on any atom is 0.319 e. The molecule has 0 bridgehead atoms. The minimum atomic E-state index is -2.61. The third-order valence-electron chi connectivity index (χ3n) is 4.91. The number of hydrogen-bond acceptors (Lipinski definition) is 3. The summed E-state index contributed by atoms with van der Waals surface area (Å²) in [4.78, 5) is 10.9. The van der Waals surface area contributed by atoms with Gasteiger partial charge in [0, 0.05) is 25.5 Å². The summed E-state index contributed by atoms with van der Waals surface area (Å²) < 4.78 is 26.8. The summed E-state index contributed by atoms with van der Waals surface area (Å²) in [5.41, 5.74) is 1.26. The molecule has 160 valence electrons. The van der Waals surface area contributed by atoms with E-state index in [1.165, 1.54) is 30.8 Å². The molecule has 2 heterocycles. The Kier molecular flexibility index (Phi) is 9.79. The van der Waals surface area contributed by atoms with Crippen LogP contribution in [0.4, 0.5) is 8.78 Å². The number of benzene rings is 1. The first-order valence-corrected chi connectivity index (χ1v) is 9.80. The second-order valence-corrected chi connectivity index (χ2v) is 6.77. The number of aromatic nitrogens is 2. The van der Waals surface area contributed by atoms with Crippen molar-refractivity contribution >= 4 is 29.9 Å². The molecule has 2 aromatic rings. The van der Waals surface area contributed by atoms with E-state index in [1.54, 1.807) is 0 Å². The standard InChI is InChI=1S/C20H28F2N6.HI/c1-2-23-20(26-15-18-24-10-13-28(18)19(21)22)25-14-17(27-11-6-7-12-27)16-8-4-3-5-9-16;/h3-5,8-10,13,17,19H,2,6-7,11-12,14-15H2,1H3,(H2,23,25,26);1H. The first-order valence-electron chi connectivity index (χ1n) is 9.80. The van der Waals surface area contributed by atoms with Crippen LogP contribution in [0.5, 0.6) is 0 Å². The van der Waals surface area contributed by atoms with Crippen molar-refractivity contribution in [2.24, 2.45) is 4.99 Å². The van der Waals surface area contributed by atoms with Gasteiger partial charge in [-0.1, -0.05) is 30.3 Å². The summed E-state index contributed by atoms with van der Waals surface area (Å²) in [6.07, 6.45) is 5.08. The number of nitrogens with zero attached hydrogens (tertiary/aromatic N) is 4. The fraction of sp³-hybridized carbons (Fsp3) is 0.500. The molecule has 6 nitrogen and oxygen atoms in total. The zero-order valence-corrected chi connectivity index (χ0v) is 18.9. The van der Waals surface area contributed by atoms with Crippen LogP contribution in [-0.4, -0.2) is 46.6 Å². The summed E-state index contributed by atoms with van der Waals surface area (Å²) >= 11 is 0. The van der Waals surface area contributed by atoms with Gasteiger partial charge in [0.1, 0.15) is 12.4 Å². The van der Waals surface area contributed by atoms with E-state index in [0.717, 1.165) is 17.7 Å². The second-order valence-electron chi connectivity index (χ2n) is 6.77. The molecule has 1 fully saturated rings. The lowest BCUT2D eigenvalue weighted by atomic mass is 10.1. The number of likely N-dealkylation sites (tertiary alicyclic amines) is 1. The van der Waals surface area contributed by atoms with Crippen molar-refractivity contribution < 1.29 is 8.78 Å². The molecule has 0 amide bonds. The van der Waals surface area contributed by atoms with Gasteiger partial charge in [-0.25, -0.2) is 9.98 Å². The summed E-state index contributed by atoms with van der Waals surface area (Å²) in [7, 11) is 0.